The van der Waals surface area contributed by atoms with Gasteiger partial charge in [0.05, 0.1) is 17.8 Å². The Bertz CT molecular complexity index is 1000. The van der Waals surface area contributed by atoms with E-state index in [0.717, 1.165) is 43.0 Å². The topological polar surface area (TPSA) is 39.3 Å². The summed E-state index contributed by atoms with van der Waals surface area (Å²) < 4.78 is 42.4. The summed E-state index contributed by atoms with van der Waals surface area (Å²) in [5.41, 5.74) is 1.43. The average Bonchev–Trinajstić information content (AvgIpc) is 2.96. The smallest absolute Gasteiger partial charge is 0.308 e. The largest absolute Gasteiger partial charge is 0.416 e. The van der Waals surface area contributed by atoms with E-state index in [-0.39, 0.29) is 17.7 Å². The van der Waals surface area contributed by atoms with Gasteiger partial charge < -0.3 is 4.57 Å². The van der Waals surface area contributed by atoms with Crippen LogP contribution in [-0.2, 0) is 25.6 Å². The summed E-state index contributed by atoms with van der Waals surface area (Å²) in [5.74, 6) is 0. The van der Waals surface area contributed by atoms with Crippen LogP contribution in [0.25, 0.3) is 5.52 Å². The van der Waals surface area contributed by atoms with E-state index in [9.17, 15) is 18.0 Å². The molecular weight excluding hydrogens is 331 g/mol. The molecule has 0 fully saturated rings. The van der Waals surface area contributed by atoms with Gasteiger partial charge in [-0.25, -0.2) is 4.52 Å². The Balaban J connectivity index is 1.82. The minimum Gasteiger partial charge on any atom is -0.308 e. The lowest BCUT2D eigenvalue weighted by Gasteiger charge is -2.14. The zero-order chi connectivity index (χ0) is 17.6. The summed E-state index contributed by atoms with van der Waals surface area (Å²) in [4.78, 5) is 12.8. The van der Waals surface area contributed by atoms with Crippen LogP contribution in [0.1, 0.15) is 35.2 Å². The van der Waals surface area contributed by atoms with E-state index in [4.69, 9.17) is 0 Å². The van der Waals surface area contributed by atoms with Crippen LogP contribution in [0.3, 0.4) is 0 Å². The molecule has 0 N–H and O–H groups in total. The Labute approximate surface area is 141 Å². The highest BCUT2D eigenvalue weighted by molar-refractivity contribution is 5.56. The molecule has 0 aliphatic heterocycles. The molecule has 0 spiro atoms. The first-order valence-electron chi connectivity index (χ1n) is 8.20. The van der Waals surface area contributed by atoms with Crippen molar-refractivity contribution in [2.24, 2.45) is 0 Å². The predicted octanol–water partition coefficient (Wildman–Crippen LogP) is 3.44. The zero-order valence-corrected chi connectivity index (χ0v) is 13.4. The van der Waals surface area contributed by atoms with Crippen LogP contribution in [0.15, 0.2) is 41.5 Å². The molecule has 2 aromatic heterocycles. The molecule has 0 radical (unpaired) electrons. The van der Waals surface area contributed by atoms with Crippen molar-refractivity contribution in [2.45, 2.75) is 38.4 Å². The minimum atomic E-state index is -4.44. The maximum atomic E-state index is 13.2. The molecule has 0 unspecified atom stereocenters. The third-order valence-electron chi connectivity index (χ3n) is 4.70. The van der Waals surface area contributed by atoms with Gasteiger partial charge in [-0.05, 0) is 37.3 Å². The van der Waals surface area contributed by atoms with Crippen LogP contribution < -0.4 is 5.56 Å². The summed E-state index contributed by atoms with van der Waals surface area (Å²) in [6.45, 7) is -0.120. The van der Waals surface area contributed by atoms with Crippen LogP contribution in [-0.4, -0.2) is 14.2 Å². The standard InChI is InChI=1S/C18H16F3N3O/c19-18(20,21)14-7-3-1-5-12(14)11-23-9-10-24-16(17(23)25)13-6-2-4-8-15(13)22-24/h1,3,5,7,9-10H,2,4,6,8,11H2. The fourth-order valence-corrected chi connectivity index (χ4v) is 3.50. The van der Waals surface area contributed by atoms with Gasteiger partial charge >= 0.3 is 6.18 Å². The summed E-state index contributed by atoms with van der Waals surface area (Å²) in [6.07, 6.45) is 2.38. The Morgan fingerprint density at radius 1 is 1.08 bits per heavy atom. The lowest BCUT2D eigenvalue weighted by atomic mass is 9.97. The van der Waals surface area contributed by atoms with Crippen LogP contribution >= 0.6 is 0 Å². The van der Waals surface area contributed by atoms with E-state index >= 15 is 0 Å². The molecule has 0 saturated heterocycles. The molecule has 0 atom stereocenters. The molecule has 2 heterocycles. The molecular formula is C18H16F3N3O. The number of hydrogen-bond donors (Lipinski definition) is 0. The Kier molecular flexibility index (Phi) is 3.67. The summed E-state index contributed by atoms with van der Waals surface area (Å²) in [6, 6.07) is 5.35. The van der Waals surface area contributed by atoms with Gasteiger partial charge in [0.2, 0.25) is 0 Å². The maximum Gasteiger partial charge on any atom is 0.416 e. The molecule has 7 heteroatoms. The average molecular weight is 347 g/mol. The van der Waals surface area contributed by atoms with Gasteiger partial charge in [0.1, 0.15) is 5.52 Å². The Morgan fingerprint density at radius 2 is 1.84 bits per heavy atom. The van der Waals surface area contributed by atoms with Gasteiger partial charge in [-0.3, -0.25) is 4.79 Å². The highest BCUT2D eigenvalue weighted by atomic mass is 19.4. The molecule has 25 heavy (non-hydrogen) atoms. The van der Waals surface area contributed by atoms with Crippen molar-refractivity contribution in [3.63, 3.8) is 0 Å². The summed E-state index contributed by atoms with van der Waals surface area (Å²) >= 11 is 0. The second-order valence-corrected chi connectivity index (χ2v) is 6.31. The number of hydrogen-bond acceptors (Lipinski definition) is 2. The Morgan fingerprint density at radius 3 is 2.64 bits per heavy atom. The molecule has 4 nitrogen and oxygen atoms in total. The molecule has 4 rings (SSSR count). The van der Waals surface area contributed by atoms with Crippen molar-refractivity contribution >= 4 is 5.52 Å². The Hall–Kier alpha value is -2.57. The number of halogens is 3. The van der Waals surface area contributed by atoms with E-state index in [0.29, 0.717) is 5.52 Å². The van der Waals surface area contributed by atoms with Gasteiger partial charge in [-0.1, -0.05) is 18.2 Å². The zero-order valence-electron chi connectivity index (χ0n) is 13.4. The lowest BCUT2D eigenvalue weighted by molar-refractivity contribution is -0.138. The quantitative estimate of drug-likeness (QED) is 0.712. The number of aryl methyl sites for hydroxylation is 2. The molecule has 0 amide bonds. The molecule has 1 aliphatic rings. The highest BCUT2D eigenvalue weighted by Crippen LogP contribution is 2.32. The van der Waals surface area contributed by atoms with Gasteiger partial charge in [-0.2, -0.15) is 18.3 Å². The number of nitrogens with zero attached hydrogens (tertiary/aromatic N) is 3. The molecule has 0 bridgehead atoms. The van der Waals surface area contributed by atoms with E-state index in [1.54, 1.807) is 16.8 Å². The monoisotopic (exact) mass is 347 g/mol. The normalized spacial score (nSPS) is 14.7. The first-order chi connectivity index (χ1) is 11.9. The van der Waals surface area contributed by atoms with Crippen molar-refractivity contribution in [3.05, 3.63) is 69.4 Å². The van der Waals surface area contributed by atoms with Crippen LogP contribution in [0, 0.1) is 0 Å². The third kappa shape index (κ3) is 2.73. The number of rotatable bonds is 2. The molecule has 1 aromatic carbocycles. The fourth-order valence-electron chi connectivity index (χ4n) is 3.50. The van der Waals surface area contributed by atoms with E-state index in [2.05, 4.69) is 5.10 Å². The van der Waals surface area contributed by atoms with E-state index in [1.807, 2.05) is 0 Å². The first kappa shape index (κ1) is 15.9. The summed E-state index contributed by atoms with van der Waals surface area (Å²) in [7, 11) is 0. The highest BCUT2D eigenvalue weighted by Gasteiger charge is 2.33. The molecule has 0 saturated carbocycles. The molecule has 130 valence electrons. The first-order valence-corrected chi connectivity index (χ1v) is 8.20. The lowest BCUT2D eigenvalue weighted by Crippen LogP contribution is -2.24. The predicted molar refractivity (Wildman–Crippen MR) is 86.6 cm³/mol. The van der Waals surface area contributed by atoms with Crippen LogP contribution in [0.5, 0.6) is 0 Å². The van der Waals surface area contributed by atoms with Crippen molar-refractivity contribution in [1.29, 1.82) is 0 Å². The molecule has 1 aliphatic carbocycles. The molecule has 3 aromatic rings. The second kappa shape index (κ2) is 5.75. The minimum absolute atomic E-state index is 0.0785. The summed E-state index contributed by atoms with van der Waals surface area (Å²) in [5, 5.41) is 4.44. The second-order valence-electron chi connectivity index (χ2n) is 6.31. The van der Waals surface area contributed by atoms with Crippen molar-refractivity contribution in [2.75, 3.05) is 0 Å². The number of fused-ring (bicyclic) bond motifs is 3. The van der Waals surface area contributed by atoms with Crippen molar-refractivity contribution < 1.29 is 13.2 Å². The van der Waals surface area contributed by atoms with Gasteiger partial charge in [0, 0.05) is 18.0 Å². The van der Waals surface area contributed by atoms with Crippen LogP contribution in [0.4, 0.5) is 13.2 Å². The van der Waals surface area contributed by atoms with E-state index in [1.165, 1.54) is 22.9 Å². The maximum absolute atomic E-state index is 13.2. The van der Waals surface area contributed by atoms with Gasteiger partial charge in [-0.15, -0.1) is 0 Å². The van der Waals surface area contributed by atoms with Crippen LogP contribution in [0.2, 0.25) is 0 Å². The number of alkyl halides is 3. The van der Waals surface area contributed by atoms with Crippen molar-refractivity contribution in [1.82, 2.24) is 14.2 Å². The van der Waals surface area contributed by atoms with Crippen molar-refractivity contribution in [3.8, 4) is 0 Å². The van der Waals surface area contributed by atoms with E-state index < -0.39 is 11.7 Å². The van der Waals surface area contributed by atoms with Gasteiger partial charge in [0.15, 0.2) is 0 Å². The number of benzene rings is 1. The number of aromatic nitrogens is 3. The van der Waals surface area contributed by atoms with Gasteiger partial charge in [0.25, 0.3) is 5.56 Å². The third-order valence-corrected chi connectivity index (χ3v) is 4.70. The fraction of sp³-hybridized carbons (Fsp3) is 0.333. The SMILES string of the molecule is O=c1c2c3c(nn2ccn1Cc1ccccc1C(F)(F)F)CCCC3.